The molecule has 1 rings (SSSR count). The number of aryl methyl sites for hydroxylation is 2. The lowest BCUT2D eigenvalue weighted by Crippen LogP contribution is -1.99. The van der Waals surface area contributed by atoms with Crippen molar-refractivity contribution in [1.82, 2.24) is 0 Å². The average Bonchev–Trinajstić information content (AvgIpc) is 2.25. The first-order chi connectivity index (χ1) is 7.24. The molecule has 1 heteroatoms. The van der Waals surface area contributed by atoms with Crippen LogP contribution >= 0.6 is 0 Å². The zero-order valence-corrected chi connectivity index (χ0v) is 9.34. The van der Waals surface area contributed by atoms with E-state index in [4.69, 9.17) is 0 Å². The molecule has 1 nitrogen and oxygen atoms in total. The number of carbonyl (C=O) groups is 1. The highest BCUT2D eigenvalue weighted by Gasteiger charge is 2.02. The van der Waals surface area contributed by atoms with E-state index in [1.54, 1.807) is 6.92 Å². The van der Waals surface area contributed by atoms with E-state index in [1.165, 1.54) is 11.1 Å². The number of ketones is 1. The minimum Gasteiger partial charge on any atom is -0.299 e. The molecule has 0 saturated carbocycles. The van der Waals surface area contributed by atoms with Crippen molar-refractivity contribution in [2.75, 3.05) is 0 Å². The molecule has 0 atom stereocenters. The van der Waals surface area contributed by atoms with Crippen molar-refractivity contribution in [1.29, 1.82) is 0 Å². The molecule has 0 bridgehead atoms. The molecule has 1 aromatic carbocycles. The van der Waals surface area contributed by atoms with Crippen LogP contribution in [0.4, 0.5) is 0 Å². The van der Waals surface area contributed by atoms with Gasteiger partial charge >= 0.3 is 0 Å². The van der Waals surface area contributed by atoms with Crippen LogP contribution in [-0.4, -0.2) is 5.78 Å². The summed E-state index contributed by atoms with van der Waals surface area (Å²) in [6.45, 7) is 3.83. The molecule has 0 aliphatic heterocycles. The molecule has 1 aromatic rings. The molecule has 0 aliphatic rings. The number of Topliss-reactive ketones (excluding diaryl/α,β-unsaturated/α-hetero) is 1. The van der Waals surface area contributed by atoms with Gasteiger partial charge in [-0.25, -0.2) is 0 Å². The van der Waals surface area contributed by atoms with Crippen LogP contribution in [0.2, 0.25) is 0 Å². The van der Waals surface area contributed by atoms with Crippen molar-refractivity contribution < 1.29 is 4.79 Å². The second-order valence-electron chi connectivity index (χ2n) is 3.57. The second kappa shape index (κ2) is 6.03. The Bertz CT molecular complexity index is 393. The maximum Gasteiger partial charge on any atom is 0.145 e. The van der Waals surface area contributed by atoms with E-state index in [2.05, 4.69) is 30.9 Å². The SMILES string of the molecule is CC#CCC(=O)CCc1ccccc1C. The number of hydrogen-bond donors (Lipinski definition) is 0. The third-order valence-electron chi connectivity index (χ3n) is 2.40. The van der Waals surface area contributed by atoms with Gasteiger partial charge in [-0.3, -0.25) is 4.79 Å². The van der Waals surface area contributed by atoms with Crippen molar-refractivity contribution in [2.45, 2.75) is 33.1 Å². The Morgan fingerprint density at radius 2 is 2.07 bits per heavy atom. The predicted molar refractivity (Wildman–Crippen MR) is 62.6 cm³/mol. The zero-order valence-electron chi connectivity index (χ0n) is 9.34. The van der Waals surface area contributed by atoms with Gasteiger partial charge in [0, 0.05) is 6.42 Å². The molecule has 0 heterocycles. The highest BCUT2D eigenvalue weighted by molar-refractivity contribution is 5.81. The second-order valence-corrected chi connectivity index (χ2v) is 3.57. The number of carbonyl (C=O) groups excluding carboxylic acids is 1. The maximum atomic E-state index is 11.4. The first-order valence-electron chi connectivity index (χ1n) is 5.20. The van der Waals surface area contributed by atoms with Gasteiger partial charge in [-0.1, -0.05) is 30.2 Å². The average molecular weight is 200 g/mol. The van der Waals surface area contributed by atoms with Crippen molar-refractivity contribution >= 4 is 5.78 Å². The summed E-state index contributed by atoms with van der Waals surface area (Å²) in [5, 5.41) is 0. The highest BCUT2D eigenvalue weighted by Crippen LogP contribution is 2.09. The Balaban J connectivity index is 2.46. The van der Waals surface area contributed by atoms with Crippen LogP contribution < -0.4 is 0 Å². The van der Waals surface area contributed by atoms with Gasteiger partial charge in [0.2, 0.25) is 0 Å². The molecule has 15 heavy (non-hydrogen) atoms. The van der Waals surface area contributed by atoms with Gasteiger partial charge in [-0.2, -0.15) is 0 Å². The molecule has 0 fully saturated rings. The molecule has 0 saturated heterocycles. The first-order valence-corrected chi connectivity index (χ1v) is 5.20. The Kier molecular flexibility index (Phi) is 4.63. The molecule has 0 aromatic heterocycles. The lowest BCUT2D eigenvalue weighted by atomic mass is 10.0. The lowest BCUT2D eigenvalue weighted by Gasteiger charge is -2.03. The molecule has 0 unspecified atom stereocenters. The molecule has 0 spiro atoms. The van der Waals surface area contributed by atoms with E-state index in [0.29, 0.717) is 12.8 Å². The van der Waals surface area contributed by atoms with Gasteiger partial charge in [0.05, 0.1) is 6.42 Å². The first kappa shape index (κ1) is 11.5. The minimum atomic E-state index is 0.229. The van der Waals surface area contributed by atoms with Gasteiger partial charge in [0.1, 0.15) is 5.78 Å². The highest BCUT2D eigenvalue weighted by atomic mass is 16.1. The van der Waals surface area contributed by atoms with E-state index < -0.39 is 0 Å². The molecule has 0 N–H and O–H groups in total. The van der Waals surface area contributed by atoms with E-state index in [-0.39, 0.29) is 5.78 Å². The molecular weight excluding hydrogens is 184 g/mol. The van der Waals surface area contributed by atoms with Gasteiger partial charge in [-0.05, 0) is 31.4 Å². The number of rotatable bonds is 4. The summed E-state index contributed by atoms with van der Waals surface area (Å²) in [6, 6.07) is 8.18. The van der Waals surface area contributed by atoms with Crippen LogP contribution in [0, 0.1) is 18.8 Å². The third-order valence-corrected chi connectivity index (χ3v) is 2.40. The number of benzene rings is 1. The van der Waals surface area contributed by atoms with Crippen LogP contribution in [0.25, 0.3) is 0 Å². The minimum absolute atomic E-state index is 0.229. The van der Waals surface area contributed by atoms with Crippen LogP contribution in [0.15, 0.2) is 24.3 Å². The van der Waals surface area contributed by atoms with E-state index in [9.17, 15) is 4.79 Å². The van der Waals surface area contributed by atoms with Crippen LogP contribution in [-0.2, 0) is 11.2 Å². The Morgan fingerprint density at radius 1 is 1.33 bits per heavy atom. The van der Waals surface area contributed by atoms with Crippen molar-refractivity contribution in [3.8, 4) is 11.8 Å². The monoisotopic (exact) mass is 200 g/mol. The molecule has 78 valence electrons. The van der Waals surface area contributed by atoms with Crippen LogP contribution in [0.1, 0.15) is 30.9 Å². The largest absolute Gasteiger partial charge is 0.299 e. The van der Waals surface area contributed by atoms with Crippen molar-refractivity contribution in [2.24, 2.45) is 0 Å². The summed E-state index contributed by atoms with van der Waals surface area (Å²) in [6.07, 6.45) is 1.82. The number of hydrogen-bond acceptors (Lipinski definition) is 1. The Labute approximate surface area is 91.5 Å². The summed E-state index contributed by atoms with van der Waals surface area (Å²) >= 11 is 0. The van der Waals surface area contributed by atoms with E-state index >= 15 is 0 Å². The van der Waals surface area contributed by atoms with Crippen LogP contribution in [0.3, 0.4) is 0 Å². The third kappa shape index (κ3) is 3.99. The molecule has 0 amide bonds. The summed E-state index contributed by atoms with van der Waals surface area (Å²) in [4.78, 5) is 11.4. The molecule has 0 aliphatic carbocycles. The lowest BCUT2D eigenvalue weighted by molar-refractivity contribution is -0.118. The van der Waals surface area contributed by atoms with E-state index in [0.717, 1.165) is 6.42 Å². The topological polar surface area (TPSA) is 17.1 Å². The molecule has 0 radical (unpaired) electrons. The van der Waals surface area contributed by atoms with Crippen molar-refractivity contribution in [3.05, 3.63) is 35.4 Å². The fourth-order valence-corrected chi connectivity index (χ4v) is 1.44. The predicted octanol–water partition coefficient (Wildman–Crippen LogP) is 2.91. The summed E-state index contributed by atoms with van der Waals surface area (Å²) in [5.41, 5.74) is 2.52. The fourth-order valence-electron chi connectivity index (χ4n) is 1.44. The van der Waals surface area contributed by atoms with Gasteiger partial charge in [-0.15, -0.1) is 5.92 Å². The fraction of sp³-hybridized carbons (Fsp3) is 0.357. The zero-order chi connectivity index (χ0) is 11.1. The van der Waals surface area contributed by atoms with E-state index in [1.807, 2.05) is 12.1 Å². The van der Waals surface area contributed by atoms with Crippen molar-refractivity contribution in [3.63, 3.8) is 0 Å². The van der Waals surface area contributed by atoms with Gasteiger partial charge in [0.25, 0.3) is 0 Å². The smallest absolute Gasteiger partial charge is 0.145 e. The Morgan fingerprint density at radius 3 is 2.73 bits per heavy atom. The standard InChI is InChI=1S/C14H16O/c1-3-4-9-14(15)11-10-13-8-6-5-7-12(13)2/h5-8H,9-11H2,1-2H3. The maximum absolute atomic E-state index is 11.4. The van der Waals surface area contributed by atoms with Gasteiger partial charge < -0.3 is 0 Å². The summed E-state index contributed by atoms with van der Waals surface area (Å²) < 4.78 is 0. The molecular formula is C14H16O. The normalized spacial score (nSPS) is 9.20. The summed E-state index contributed by atoms with van der Waals surface area (Å²) in [5.74, 6) is 5.77. The quantitative estimate of drug-likeness (QED) is 0.683. The Hall–Kier alpha value is -1.55. The summed E-state index contributed by atoms with van der Waals surface area (Å²) in [7, 11) is 0. The van der Waals surface area contributed by atoms with Crippen LogP contribution in [0.5, 0.6) is 0 Å². The van der Waals surface area contributed by atoms with Gasteiger partial charge in [0.15, 0.2) is 0 Å².